The van der Waals surface area contributed by atoms with E-state index in [-0.39, 0.29) is 6.09 Å². The van der Waals surface area contributed by atoms with Crippen LogP contribution in [0.4, 0.5) is 4.79 Å². The first-order chi connectivity index (χ1) is 8.76. The molecular formula is C14H30N2O3. The third kappa shape index (κ3) is 10.8. The summed E-state index contributed by atoms with van der Waals surface area (Å²) in [6.45, 7) is 10.1. The molecule has 0 heterocycles. The molecule has 114 valence electrons. The molecule has 0 fully saturated rings. The minimum atomic E-state index is -0.432. The molecule has 5 nitrogen and oxygen atoms in total. The number of amides is 1. The SMILES string of the molecule is COCCC(C)NCCCN(C)C(=O)OC(C)(C)C. The van der Waals surface area contributed by atoms with Gasteiger partial charge in [-0.2, -0.15) is 0 Å². The van der Waals surface area contributed by atoms with E-state index in [1.807, 2.05) is 20.8 Å². The predicted octanol–water partition coefficient (Wildman–Crippen LogP) is 2.26. The number of rotatable bonds is 8. The summed E-state index contributed by atoms with van der Waals surface area (Å²) in [5.41, 5.74) is -0.432. The molecule has 19 heavy (non-hydrogen) atoms. The highest BCUT2D eigenvalue weighted by Crippen LogP contribution is 2.09. The minimum Gasteiger partial charge on any atom is -0.444 e. The van der Waals surface area contributed by atoms with Crippen LogP contribution in [-0.4, -0.2) is 56.5 Å². The van der Waals surface area contributed by atoms with E-state index >= 15 is 0 Å². The molecule has 1 N–H and O–H groups in total. The Labute approximate surface area is 117 Å². The van der Waals surface area contributed by atoms with E-state index in [1.165, 1.54) is 0 Å². The largest absolute Gasteiger partial charge is 0.444 e. The zero-order chi connectivity index (χ0) is 14.9. The molecule has 0 aliphatic carbocycles. The van der Waals surface area contributed by atoms with Crippen LogP contribution in [0.1, 0.15) is 40.5 Å². The van der Waals surface area contributed by atoms with Crippen LogP contribution in [0.2, 0.25) is 0 Å². The summed E-state index contributed by atoms with van der Waals surface area (Å²) in [6, 6.07) is 0.437. The highest BCUT2D eigenvalue weighted by molar-refractivity contribution is 5.67. The van der Waals surface area contributed by atoms with Crippen LogP contribution in [0, 0.1) is 0 Å². The van der Waals surface area contributed by atoms with Crippen molar-refractivity contribution in [2.45, 2.75) is 52.2 Å². The summed E-state index contributed by atoms with van der Waals surface area (Å²) in [6.07, 6.45) is 1.64. The van der Waals surface area contributed by atoms with Crippen LogP contribution in [0.15, 0.2) is 0 Å². The third-order valence-electron chi connectivity index (χ3n) is 2.62. The van der Waals surface area contributed by atoms with E-state index in [0.717, 1.165) is 26.0 Å². The van der Waals surface area contributed by atoms with Gasteiger partial charge >= 0.3 is 6.09 Å². The highest BCUT2D eigenvalue weighted by atomic mass is 16.6. The number of carbonyl (C=O) groups excluding carboxylic acids is 1. The maximum absolute atomic E-state index is 11.7. The number of nitrogens with zero attached hydrogens (tertiary/aromatic N) is 1. The molecule has 0 aliphatic rings. The molecule has 0 aromatic rings. The van der Waals surface area contributed by atoms with Gasteiger partial charge in [-0.25, -0.2) is 4.79 Å². The Morgan fingerprint density at radius 3 is 2.53 bits per heavy atom. The van der Waals surface area contributed by atoms with Gasteiger partial charge in [0.2, 0.25) is 0 Å². The Kier molecular flexibility index (Phi) is 8.76. The zero-order valence-corrected chi connectivity index (χ0v) is 13.3. The van der Waals surface area contributed by atoms with E-state index < -0.39 is 5.60 Å². The molecular weight excluding hydrogens is 244 g/mol. The van der Waals surface area contributed by atoms with Crippen molar-refractivity contribution in [1.29, 1.82) is 0 Å². The van der Waals surface area contributed by atoms with E-state index in [2.05, 4.69) is 12.2 Å². The minimum absolute atomic E-state index is 0.264. The van der Waals surface area contributed by atoms with Gasteiger partial charge in [-0.15, -0.1) is 0 Å². The quantitative estimate of drug-likeness (QED) is 0.690. The molecule has 0 aromatic carbocycles. The normalized spacial score (nSPS) is 13.2. The molecule has 1 amide bonds. The highest BCUT2D eigenvalue weighted by Gasteiger charge is 2.19. The number of hydrogen-bond acceptors (Lipinski definition) is 4. The van der Waals surface area contributed by atoms with Crippen molar-refractivity contribution >= 4 is 6.09 Å². The van der Waals surface area contributed by atoms with E-state index in [1.54, 1.807) is 19.1 Å². The van der Waals surface area contributed by atoms with Crippen LogP contribution >= 0.6 is 0 Å². The van der Waals surface area contributed by atoms with Crippen LogP contribution in [0.5, 0.6) is 0 Å². The Morgan fingerprint density at radius 2 is 2.00 bits per heavy atom. The summed E-state index contributed by atoms with van der Waals surface area (Å²) in [7, 11) is 3.48. The van der Waals surface area contributed by atoms with Gasteiger partial charge in [0.15, 0.2) is 0 Å². The lowest BCUT2D eigenvalue weighted by molar-refractivity contribution is 0.0297. The third-order valence-corrected chi connectivity index (χ3v) is 2.62. The smallest absolute Gasteiger partial charge is 0.410 e. The molecule has 1 unspecified atom stereocenters. The maximum Gasteiger partial charge on any atom is 0.410 e. The van der Waals surface area contributed by atoms with E-state index in [9.17, 15) is 4.79 Å². The molecule has 5 heteroatoms. The monoisotopic (exact) mass is 274 g/mol. The molecule has 0 radical (unpaired) electrons. The van der Waals surface area contributed by atoms with Crippen LogP contribution < -0.4 is 5.32 Å². The lowest BCUT2D eigenvalue weighted by Gasteiger charge is -2.24. The Morgan fingerprint density at radius 1 is 1.37 bits per heavy atom. The maximum atomic E-state index is 11.7. The van der Waals surface area contributed by atoms with Gasteiger partial charge in [0, 0.05) is 33.4 Å². The van der Waals surface area contributed by atoms with Crippen molar-refractivity contribution in [3.05, 3.63) is 0 Å². The topological polar surface area (TPSA) is 50.8 Å². The van der Waals surface area contributed by atoms with Crippen LogP contribution in [0.3, 0.4) is 0 Å². The van der Waals surface area contributed by atoms with Crippen molar-refractivity contribution in [3.63, 3.8) is 0 Å². The summed E-state index contributed by atoms with van der Waals surface area (Å²) in [5, 5.41) is 3.40. The molecule has 0 rings (SSSR count). The van der Waals surface area contributed by atoms with Gasteiger partial charge in [-0.3, -0.25) is 0 Å². The van der Waals surface area contributed by atoms with Gasteiger partial charge in [0.05, 0.1) is 0 Å². The number of hydrogen-bond donors (Lipinski definition) is 1. The lowest BCUT2D eigenvalue weighted by Crippen LogP contribution is -2.36. The fraction of sp³-hybridized carbons (Fsp3) is 0.929. The second-order valence-corrected chi connectivity index (χ2v) is 5.89. The summed E-state index contributed by atoms with van der Waals surface area (Å²) in [5.74, 6) is 0. The predicted molar refractivity (Wildman–Crippen MR) is 77.4 cm³/mol. The first-order valence-corrected chi connectivity index (χ1v) is 6.92. The molecule has 0 bridgehead atoms. The molecule has 0 aliphatic heterocycles. The van der Waals surface area contributed by atoms with Crippen LogP contribution in [-0.2, 0) is 9.47 Å². The second-order valence-electron chi connectivity index (χ2n) is 5.89. The first kappa shape index (κ1) is 18.2. The fourth-order valence-electron chi connectivity index (χ4n) is 1.49. The zero-order valence-electron chi connectivity index (χ0n) is 13.3. The lowest BCUT2D eigenvalue weighted by atomic mass is 10.2. The van der Waals surface area contributed by atoms with Gasteiger partial charge in [-0.05, 0) is 47.1 Å². The molecule has 0 saturated carbocycles. The molecule has 0 spiro atoms. The fourth-order valence-corrected chi connectivity index (χ4v) is 1.49. The van der Waals surface area contributed by atoms with Crippen molar-refractivity contribution in [2.24, 2.45) is 0 Å². The van der Waals surface area contributed by atoms with Crippen LogP contribution in [0.25, 0.3) is 0 Å². The van der Waals surface area contributed by atoms with Gasteiger partial charge in [-0.1, -0.05) is 0 Å². The summed E-state index contributed by atoms with van der Waals surface area (Å²) in [4.78, 5) is 13.3. The molecule has 0 saturated heterocycles. The number of ether oxygens (including phenoxy) is 2. The average molecular weight is 274 g/mol. The first-order valence-electron chi connectivity index (χ1n) is 6.92. The Bertz CT molecular complexity index is 252. The Balaban J connectivity index is 3.68. The van der Waals surface area contributed by atoms with Gasteiger partial charge < -0.3 is 19.7 Å². The van der Waals surface area contributed by atoms with Crippen molar-refractivity contribution in [3.8, 4) is 0 Å². The van der Waals surface area contributed by atoms with Gasteiger partial charge in [0.1, 0.15) is 5.60 Å². The molecule has 0 aromatic heterocycles. The number of nitrogens with one attached hydrogen (secondary N) is 1. The number of carbonyl (C=O) groups is 1. The average Bonchev–Trinajstić information content (AvgIpc) is 2.29. The number of methoxy groups -OCH3 is 1. The van der Waals surface area contributed by atoms with E-state index in [4.69, 9.17) is 9.47 Å². The van der Waals surface area contributed by atoms with Crippen molar-refractivity contribution in [1.82, 2.24) is 10.2 Å². The standard InChI is InChI=1S/C14H30N2O3/c1-12(8-11-18-6)15-9-7-10-16(5)13(17)19-14(2,3)4/h12,15H,7-11H2,1-6H3. The summed E-state index contributed by atoms with van der Waals surface area (Å²) < 4.78 is 10.3. The van der Waals surface area contributed by atoms with E-state index in [0.29, 0.717) is 12.6 Å². The Hall–Kier alpha value is -0.810. The molecule has 1 atom stereocenters. The van der Waals surface area contributed by atoms with Gasteiger partial charge in [0.25, 0.3) is 0 Å². The van der Waals surface area contributed by atoms with Crippen molar-refractivity contribution in [2.75, 3.05) is 33.9 Å². The summed E-state index contributed by atoms with van der Waals surface area (Å²) >= 11 is 0. The second kappa shape index (κ2) is 9.15. The van der Waals surface area contributed by atoms with Crippen molar-refractivity contribution < 1.29 is 14.3 Å².